The highest BCUT2D eigenvalue weighted by atomic mass is 32.1. The van der Waals surface area contributed by atoms with Crippen molar-refractivity contribution in [2.24, 2.45) is 0 Å². The molecule has 0 radical (unpaired) electrons. The molecule has 0 spiro atoms. The summed E-state index contributed by atoms with van der Waals surface area (Å²) in [4.78, 5) is 29.8. The quantitative estimate of drug-likeness (QED) is 0.551. The Labute approximate surface area is 157 Å². The number of hydrogen-bond acceptors (Lipinski definition) is 4. The molecule has 0 N–H and O–H groups in total. The van der Waals surface area contributed by atoms with Gasteiger partial charge in [-0.3, -0.25) is 14.0 Å². The van der Waals surface area contributed by atoms with E-state index in [4.69, 9.17) is 0 Å². The summed E-state index contributed by atoms with van der Waals surface area (Å²) in [6, 6.07) is 15.5. The van der Waals surface area contributed by atoms with Gasteiger partial charge in [0.1, 0.15) is 5.82 Å². The van der Waals surface area contributed by atoms with Gasteiger partial charge in [-0.1, -0.05) is 53.8 Å². The molecule has 0 unspecified atom stereocenters. The maximum Gasteiger partial charge on any atom is 0.277 e. The van der Waals surface area contributed by atoms with Crippen molar-refractivity contribution in [1.82, 2.24) is 9.38 Å². The second kappa shape index (κ2) is 6.89. The van der Waals surface area contributed by atoms with Gasteiger partial charge in [0.2, 0.25) is 4.96 Å². The summed E-state index contributed by atoms with van der Waals surface area (Å²) in [6.45, 7) is 1.77. The third-order valence-corrected chi connectivity index (χ3v) is 5.39. The minimum absolute atomic E-state index is 0.223. The summed E-state index contributed by atoms with van der Waals surface area (Å²) >= 11 is 1.16. The molecule has 0 aliphatic rings. The topological polar surface area (TPSA) is 51.4 Å². The van der Waals surface area contributed by atoms with Crippen LogP contribution in [0.4, 0.5) is 4.39 Å². The van der Waals surface area contributed by atoms with Crippen molar-refractivity contribution < 1.29 is 4.39 Å². The number of fused-ring (bicyclic) bond motifs is 1. The van der Waals surface area contributed by atoms with Gasteiger partial charge in [-0.05, 0) is 36.3 Å². The molecule has 0 amide bonds. The first kappa shape index (κ1) is 17.3. The zero-order chi connectivity index (χ0) is 19.0. The molecule has 0 saturated carbocycles. The Hall–Kier alpha value is -3.12. The maximum atomic E-state index is 13.1. The Balaban J connectivity index is 1.88. The molecule has 2 aromatic heterocycles. The normalized spacial score (nSPS) is 12.0. The highest BCUT2D eigenvalue weighted by Gasteiger charge is 2.14. The Morgan fingerprint density at radius 1 is 1.07 bits per heavy atom. The summed E-state index contributed by atoms with van der Waals surface area (Å²) in [7, 11) is 0. The molecule has 0 saturated heterocycles. The van der Waals surface area contributed by atoms with Crippen LogP contribution >= 0.6 is 11.3 Å². The summed E-state index contributed by atoms with van der Waals surface area (Å²) in [6.07, 6.45) is 2.11. The van der Waals surface area contributed by atoms with E-state index < -0.39 is 0 Å². The number of aromatic nitrogens is 2. The van der Waals surface area contributed by atoms with E-state index in [2.05, 4.69) is 4.98 Å². The standard InChI is InChI=1S/C21H15FN2O2S/c1-13-17(11-14-5-3-2-4-6-14)19(25)23-21-24(13)20(26)18(27-21)12-15-7-9-16(22)10-8-15/h2-10,12H,11H2,1H3/b18-12+. The molecule has 134 valence electrons. The van der Waals surface area contributed by atoms with Gasteiger partial charge in [0.15, 0.2) is 0 Å². The van der Waals surface area contributed by atoms with Crippen molar-refractivity contribution in [3.05, 3.63) is 108 Å². The first-order valence-corrected chi connectivity index (χ1v) is 9.21. The molecule has 0 fully saturated rings. The smallest absolute Gasteiger partial charge is 0.267 e. The first-order chi connectivity index (χ1) is 13.0. The van der Waals surface area contributed by atoms with E-state index in [0.717, 1.165) is 16.9 Å². The lowest BCUT2D eigenvalue weighted by atomic mass is 10.1. The highest BCUT2D eigenvalue weighted by molar-refractivity contribution is 7.15. The van der Waals surface area contributed by atoms with E-state index >= 15 is 0 Å². The van der Waals surface area contributed by atoms with Crippen LogP contribution in [0.1, 0.15) is 22.4 Å². The van der Waals surface area contributed by atoms with Gasteiger partial charge in [0, 0.05) is 17.7 Å². The van der Waals surface area contributed by atoms with Crippen LogP contribution in [0.15, 0.2) is 64.2 Å². The van der Waals surface area contributed by atoms with E-state index in [1.165, 1.54) is 16.5 Å². The Morgan fingerprint density at radius 2 is 1.78 bits per heavy atom. The summed E-state index contributed by atoms with van der Waals surface area (Å²) in [5.74, 6) is -0.334. The molecule has 0 aliphatic carbocycles. The van der Waals surface area contributed by atoms with Crippen LogP contribution in [0.2, 0.25) is 0 Å². The molecule has 27 heavy (non-hydrogen) atoms. The van der Waals surface area contributed by atoms with E-state index in [1.54, 1.807) is 25.1 Å². The molecule has 6 heteroatoms. The van der Waals surface area contributed by atoms with Crippen molar-refractivity contribution in [1.29, 1.82) is 0 Å². The predicted octanol–water partition coefficient (Wildman–Crippen LogP) is 2.70. The second-order valence-corrected chi connectivity index (χ2v) is 7.24. The van der Waals surface area contributed by atoms with E-state index in [9.17, 15) is 14.0 Å². The Kier molecular flexibility index (Phi) is 4.41. The number of halogens is 1. The van der Waals surface area contributed by atoms with Crippen LogP contribution in [-0.2, 0) is 6.42 Å². The zero-order valence-electron chi connectivity index (χ0n) is 14.5. The van der Waals surface area contributed by atoms with Gasteiger partial charge in [-0.25, -0.2) is 4.39 Å². The minimum Gasteiger partial charge on any atom is -0.267 e. The average molecular weight is 378 g/mol. The van der Waals surface area contributed by atoms with Crippen LogP contribution in [-0.4, -0.2) is 9.38 Å². The second-order valence-electron chi connectivity index (χ2n) is 6.23. The zero-order valence-corrected chi connectivity index (χ0v) is 15.3. The summed E-state index contributed by atoms with van der Waals surface area (Å²) < 4.78 is 15.0. The lowest BCUT2D eigenvalue weighted by Gasteiger charge is -2.06. The average Bonchev–Trinajstić information content (AvgIpc) is 2.97. The molecule has 0 aliphatic heterocycles. The molecule has 4 aromatic rings. The van der Waals surface area contributed by atoms with Crippen LogP contribution < -0.4 is 15.7 Å². The molecule has 0 atom stereocenters. The van der Waals surface area contributed by atoms with Gasteiger partial charge in [0.05, 0.1) is 4.53 Å². The molecule has 4 nitrogen and oxygen atoms in total. The Morgan fingerprint density at radius 3 is 2.48 bits per heavy atom. The number of rotatable bonds is 3. The van der Waals surface area contributed by atoms with Gasteiger partial charge in [-0.2, -0.15) is 4.98 Å². The minimum atomic E-state index is -0.334. The summed E-state index contributed by atoms with van der Waals surface area (Å²) in [5, 5.41) is 0. The molecular weight excluding hydrogens is 363 g/mol. The third kappa shape index (κ3) is 3.31. The fourth-order valence-electron chi connectivity index (χ4n) is 3.00. The van der Waals surface area contributed by atoms with Crippen LogP contribution in [0.25, 0.3) is 11.0 Å². The number of benzene rings is 2. The number of thiazole rings is 1. The molecule has 2 heterocycles. The number of hydrogen-bond donors (Lipinski definition) is 0. The fourth-order valence-corrected chi connectivity index (χ4v) is 4.01. The first-order valence-electron chi connectivity index (χ1n) is 8.39. The van der Waals surface area contributed by atoms with Gasteiger partial charge in [0.25, 0.3) is 11.1 Å². The lowest BCUT2D eigenvalue weighted by molar-refractivity contribution is 0.628. The molecule has 4 rings (SSSR count). The number of aryl methyl sites for hydroxylation is 1. The molecular formula is C21H15FN2O2S. The maximum absolute atomic E-state index is 13.1. The number of nitrogens with zero attached hydrogens (tertiary/aromatic N) is 2. The largest absolute Gasteiger partial charge is 0.277 e. The Bertz CT molecular complexity index is 1290. The van der Waals surface area contributed by atoms with Gasteiger partial charge >= 0.3 is 0 Å². The lowest BCUT2D eigenvalue weighted by Crippen LogP contribution is -2.27. The molecule has 0 bridgehead atoms. The van der Waals surface area contributed by atoms with Gasteiger partial charge in [-0.15, -0.1) is 0 Å². The van der Waals surface area contributed by atoms with Crippen LogP contribution in [0, 0.1) is 12.7 Å². The fraction of sp³-hybridized carbons (Fsp3) is 0.0952. The van der Waals surface area contributed by atoms with Gasteiger partial charge < -0.3 is 0 Å². The van der Waals surface area contributed by atoms with E-state index in [-0.39, 0.29) is 16.9 Å². The van der Waals surface area contributed by atoms with Crippen molar-refractivity contribution in [2.75, 3.05) is 0 Å². The summed E-state index contributed by atoms with van der Waals surface area (Å²) in [5.41, 5.74) is 2.28. The molecule has 2 aromatic carbocycles. The van der Waals surface area contributed by atoms with Crippen molar-refractivity contribution in [3.63, 3.8) is 0 Å². The SMILES string of the molecule is Cc1c(Cc2ccccc2)c(=O)nc2s/c(=C/c3ccc(F)cc3)c(=O)n12. The van der Waals surface area contributed by atoms with E-state index in [0.29, 0.717) is 32.7 Å². The predicted molar refractivity (Wildman–Crippen MR) is 105 cm³/mol. The van der Waals surface area contributed by atoms with Crippen molar-refractivity contribution >= 4 is 22.4 Å². The van der Waals surface area contributed by atoms with E-state index in [1.807, 2.05) is 30.3 Å². The highest BCUT2D eigenvalue weighted by Crippen LogP contribution is 2.12. The van der Waals surface area contributed by atoms with Crippen LogP contribution in [0.5, 0.6) is 0 Å². The van der Waals surface area contributed by atoms with Crippen molar-refractivity contribution in [3.8, 4) is 0 Å². The van der Waals surface area contributed by atoms with Crippen molar-refractivity contribution in [2.45, 2.75) is 13.3 Å². The third-order valence-electron chi connectivity index (χ3n) is 4.43. The monoisotopic (exact) mass is 378 g/mol. The van der Waals surface area contributed by atoms with Crippen LogP contribution in [0.3, 0.4) is 0 Å².